The van der Waals surface area contributed by atoms with E-state index in [0.717, 1.165) is 17.7 Å². The van der Waals surface area contributed by atoms with Crippen LogP contribution in [0.1, 0.15) is 15.9 Å². The van der Waals surface area contributed by atoms with Crippen molar-refractivity contribution in [2.75, 3.05) is 6.61 Å². The van der Waals surface area contributed by atoms with Crippen molar-refractivity contribution >= 4 is 11.8 Å². The number of ketones is 1. The van der Waals surface area contributed by atoms with Gasteiger partial charge in [-0.05, 0) is 24.6 Å². The van der Waals surface area contributed by atoms with Gasteiger partial charge in [0.15, 0.2) is 5.78 Å². The Bertz CT molecular complexity index is 520. The molecule has 0 amide bonds. The summed E-state index contributed by atoms with van der Waals surface area (Å²) in [5.74, 6) is -3.19. The van der Waals surface area contributed by atoms with E-state index in [4.69, 9.17) is 9.47 Å². The zero-order valence-corrected chi connectivity index (χ0v) is 9.75. The van der Waals surface area contributed by atoms with Gasteiger partial charge in [0, 0.05) is 6.08 Å². The van der Waals surface area contributed by atoms with Crippen LogP contribution in [0, 0.1) is 6.92 Å². The van der Waals surface area contributed by atoms with Crippen molar-refractivity contribution in [3.05, 3.63) is 47.5 Å². The monoisotopic (exact) mass is 248 g/mol. The molecule has 1 N–H and O–H groups in total. The van der Waals surface area contributed by atoms with Gasteiger partial charge in [0.25, 0.3) is 0 Å². The summed E-state index contributed by atoms with van der Waals surface area (Å²) in [6.45, 7) is 1.43. The van der Waals surface area contributed by atoms with Crippen LogP contribution in [-0.4, -0.2) is 29.4 Å². The van der Waals surface area contributed by atoms with Crippen LogP contribution in [0.3, 0.4) is 0 Å². The molecule has 0 radical (unpaired) electrons. The Morgan fingerprint density at radius 2 is 2.17 bits per heavy atom. The summed E-state index contributed by atoms with van der Waals surface area (Å²) in [5.41, 5.74) is 1.06. The van der Waals surface area contributed by atoms with Crippen molar-refractivity contribution < 1.29 is 24.2 Å². The second-order valence-electron chi connectivity index (χ2n) is 3.92. The Hall–Kier alpha value is -1.98. The second-order valence-corrected chi connectivity index (χ2v) is 3.92. The van der Waals surface area contributed by atoms with E-state index in [1.807, 2.05) is 0 Å². The van der Waals surface area contributed by atoms with E-state index in [9.17, 15) is 14.7 Å². The third kappa shape index (κ3) is 2.64. The maximum atomic E-state index is 11.8. The summed E-state index contributed by atoms with van der Waals surface area (Å²) in [6, 6.07) is 6.81. The molecule has 0 spiro atoms. The van der Waals surface area contributed by atoms with E-state index in [-0.39, 0.29) is 12.4 Å². The number of esters is 1. The van der Waals surface area contributed by atoms with Crippen LogP contribution >= 0.6 is 0 Å². The van der Waals surface area contributed by atoms with Crippen LogP contribution in [0.25, 0.3) is 0 Å². The maximum absolute atomic E-state index is 11.8. The fraction of sp³-hybridized carbons (Fsp3) is 0.231. The Labute approximate surface area is 104 Å². The summed E-state index contributed by atoms with van der Waals surface area (Å²) >= 11 is 0. The van der Waals surface area contributed by atoms with Gasteiger partial charge in [-0.1, -0.05) is 18.2 Å². The highest BCUT2D eigenvalue weighted by molar-refractivity contribution is 5.93. The van der Waals surface area contributed by atoms with Gasteiger partial charge >= 0.3 is 11.9 Å². The molecule has 18 heavy (non-hydrogen) atoms. The molecule has 0 saturated heterocycles. The highest BCUT2D eigenvalue weighted by Gasteiger charge is 2.34. The lowest BCUT2D eigenvalue weighted by atomic mass is 10.1. The Morgan fingerprint density at radius 3 is 2.78 bits per heavy atom. The summed E-state index contributed by atoms with van der Waals surface area (Å²) in [5, 5.41) is 9.81. The molecule has 0 aliphatic carbocycles. The SMILES string of the molecule is Cc1ccccc1C(=O)OC1(O)C=CC(=O)CO1. The summed E-state index contributed by atoms with van der Waals surface area (Å²) < 4.78 is 9.64. The van der Waals surface area contributed by atoms with Gasteiger partial charge in [0.1, 0.15) is 6.61 Å². The molecular formula is C13H12O5. The molecule has 0 fully saturated rings. The standard InChI is InChI=1S/C13H12O5/c1-9-4-2-3-5-11(9)12(15)18-13(16)7-6-10(14)8-17-13/h2-7,16H,8H2,1H3. The number of benzene rings is 1. The van der Waals surface area contributed by atoms with Crippen LogP contribution in [0.5, 0.6) is 0 Å². The molecule has 1 unspecified atom stereocenters. The first kappa shape index (κ1) is 12.5. The van der Waals surface area contributed by atoms with E-state index in [2.05, 4.69) is 0 Å². The minimum atomic E-state index is -2.17. The van der Waals surface area contributed by atoms with Crippen LogP contribution in [0.15, 0.2) is 36.4 Å². The number of hydrogen-bond donors (Lipinski definition) is 1. The average molecular weight is 248 g/mol. The van der Waals surface area contributed by atoms with Gasteiger partial charge in [-0.2, -0.15) is 0 Å². The molecular weight excluding hydrogens is 236 g/mol. The van der Waals surface area contributed by atoms with Crippen molar-refractivity contribution in [2.45, 2.75) is 12.9 Å². The van der Waals surface area contributed by atoms with Crippen LogP contribution in [-0.2, 0) is 14.3 Å². The first-order chi connectivity index (χ1) is 8.50. The normalized spacial score (nSPS) is 22.9. The summed E-state index contributed by atoms with van der Waals surface area (Å²) in [6.07, 6.45) is 2.13. The van der Waals surface area contributed by atoms with E-state index in [1.54, 1.807) is 31.2 Å². The van der Waals surface area contributed by atoms with Gasteiger partial charge in [-0.15, -0.1) is 0 Å². The number of carbonyl (C=O) groups excluding carboxylic acids is 2. The zero-order valence-electron chi connectivity index (χ0n) is 9.75. The molecule has 1 aromatic rings. The minimum Gasteiger partial charge on any atom is -0.401 e. The molecule has 5 heteroatoms. The van der Waals surface area contributed by atoms with E-state index in [0.29, 0.717) is 5.56 Å². The Balaban J connectivity index is 2.15. The van der Waals surface area contributed by atoms with Crippen molar-refractivity contribution in [3.63, 3.8) is 0 Å². The smallest absolute Gasteiger partial charge is 0.349 e. The van der Waals surface area contributed by atoms with Gasteiger partial charge in [-0.25, -0.2) is 4.79 Å². The molecule has 0 bridgehead atoms. The molecule has 0 aromatic heterocycles. The Kier molecular flexibility index (Phi) is 3.27. The third-order valence-electron chi connectivity index (χ3n) is 2.50. The molecule has 5 nitrogen and oxygen atoms in total. The Morgan fingerprint density at radius 1 is 1.44 bits per heavy atom. The average Bonchev–Trinajstić information content (AvgIpc) is 2.34. The first-order valence-corrected chi connectivity index (χ1v) is 5.37. The lowest BCUT2D eigenvalue weighted by Crippen LogP contribution is -2.40. The number of hydrogen-bond acceptors (Lipinski definition) is 5. The number of aryl methyl sites for hydroxylation is 1. The summed E-state index contributed by atoms with van der Waals surface area (Å²) in [7, 11) is 0. The summed E-state index contributed by atoms with van der Waals surface area (Å²) in [4.78, 5) is 22.7. The molecule has 1 aromatic carbocycles. The second kappa shape index (κ2) is 4.72. The number of aliphatic hydroxyl groups is 1. The fourth-order valence-corrected chi connectivity index (χ4v) is 1.52. The first-order valence-electron chi connectivity index (χ1n) is 5.37. The largest absolute Gasteiger partial charge is 0.401 e. The molecule has 94 valence electrons. The van der Waals surface area contributed by atoms with E-state index in [1.165, 1.54) is 0 Å². The van der Waals surface area contributed by atoms with Crippen molar-refractivity contribution in [2.24, 2.45) is 0 Å². The maximum Gasteiger partial charge on any atom is 0.349 e. The minimum absolute atomic E-state index is 0.299. The number of carbonyl (C=O) groups is 2. The van der Waals surface area contributed by atoms with Crippen molar-refractivity contribution in [3.8, 4) is 0 Å². The van der Waals surface area contributed by atoms with Crippen LogP contribution < -0.4 is 0 Å². The molecule has 1 atom stereocenters. The molecule has 0 saturated carbocycles. The highest BCUT2D eigenvalue weighted by atomic mass is 16.8. The number of rotatable bonds is 2. The molecule has 1 aliphatic rings. The van der Waals surface area contributed by atoms with Crippen molar-refractivity contribution in [1.82, 2.24) is 0 Å². The van der Waals surface area contributed by atoms with Gasteiger partial charge in [-0.3, -0.25) is 4.79 Å². The molecule has 2 rings (SSSR count). The fourth-order valence-electron chi connectivity index (χ4n) is 1.52. The topological polar surface area (TPSA) is 72.8 Å². The van der Waals surface area contributed by atoms with Gasteiger partial charge in [0.05, 0.1) is 5.56 Å². The van der Waals surface area contributed by atoms with Gasteiger partial charge in [0.2, 0.25) is 0 Å². The third-order valence-corrected chi connectivity index (χ3v) is 2.50. The van der Waals surface area contributed by atoms with Crippen LogP contribution in [0.2, 0.25) is 0 Å². The van der Waals surface area contributed by atoms with E-state index >= 15 is 0 Å². The predicted molar refractivity (Wildman–Crippen MR) is 61.6 cm³/mol. The molecule has 1 heterocycles. The van der Waals surface area contributed by atoms with E-state index < -0.39 is 11.9 Å². The molecule has 1 aliphatic heterocycles. The lowest BCUT2D eigenvalue weighted by molar-refractivity contribution is -0.298. The van der Waals surface area contributed by atoms with Crippen molar-refractivity contribution in [1.29, 1.82) is 0 Å². The quantitative estimate of drug-likeness (QED) is 0.623. The predicted octanol–water partition coefficient (Wildman–Crippen LogP) is 0.953. The number of ether oxygens (including phenoxy) is 2. The van der Waals surface area contributed by atoms with Crippen LogP contribution in [0.4, 0.5) is 0 Å². The lowest BCUT2D eigenvalue weighted by Gasteiger charge is -2.26. The highest BCUT2D eigenvalue weighted by Crippen LogP contribution is 2.19. The zero-order chi connectivity index (χ0) is 13.2. The van der Waals surface area contributed by atoms with Gasteiger partial charge < -0.3 is 14.6 Å².